The van der Waals surface area contributed by atoms with E-state index in [2.05, 4.69) is 15.0 Å². The molecule has 28 heavy (non-hydrogen) atoms. The topological polar surface area (TPSA) is 63.2 Å². The van der Waals surface area contributed by atoms with Gasteiger partial charge in [0.2, 0.25) is 0 Å². The van der Waals surface area contributed by atoms with E-state index in [0.717, 1.165) is 0 Å². The molecule has 0 radical (unpaired) electrons. The molecule has 10 heteroatoms. The van der Waals surface area contributed by atoms with Crippen molar-refractivity contribution in [3.8, 4) is 5.75 Å². The first-order valence-corrected chi connectivity index (χ1v) is 8.78. The van der Waals surface area contributed by atoms with Crippen molar-refractivity contribution >= 4 is 35.9 Å². The largest absolute Gasteiger partial charge is 0.573 e. The van der Waals surface area contributed by atoms with Crippen molar-refractivity contribution in [1.82, 2.24) is 10.2 Å². The Morgan fingerprint density at radius 1 is 1.29 bits per heavy atom. The Labute approximate surface area is 179 Å². The summed E-state index contributed by atoms with van der Waals surface area (Å²) in [5.74, 6) is 0.00137. The van der Waals surface area contributed by atoms with Crippen molar-refractivity contribution < 1.29 is 27.4 Å². The van der Waals surface area contributed by atoms with Crippen LogP contribution < -0.4 is 10.1 Å². The maximum absolute atomic E-state index is 12.5. The number of piperidine rings is 1. The third-order valence-corrected chi connectivity index (χ3v) is 4.26. The average molecular weight is 515 g/mol. The van der Waals surface area contributed by atoms with Crippen LogP contribution in [0, 0.1) is 5.92 Å². The Bertz CT molecular complexity index is 663. The number of aliphatic imine (C=N–C) groups is 1. The Morgan fingerprint density at radius 3 is 2.50 bits per heavy atom. The van der Waals surface area contributed by atoms with E-state index in [4.69, 9.17) is 4.74 Å². The molecule has 0 bridgehead atoms. The lowest BCUT2D eigenvalue weighted by Gasteiger charge is -2.33. The molecule has 0 amide bonds. The van der Waals surface area contributed by atoms with Crippen LogP contribution in [0.15, 0.2) is 29.3 Å². The van der Waals surface area contributed by atoms with Crippen LogP contribution in [0.25, 0.3) is 0 Å². The number of esters is 1. The predicted molar refractivity (Wildman–Crippen MR) is 110 cm³/mol. The third-order valence-electron chi connectivity index (χ3n) is 4.26. The summed E-state index contributed by atoms with van der Waals surface area (Å²) in [5.41, 5.74) is 0.342. The Morgan fingerprint density at radius 2 is 1.93 bits per heavy atom. The van der Waals surface area contributed by atoms with Gasteiger partial charge in [-0.05, 0) is 25.8 Å². The maximum Gasteiger partial charge on any atom is 0.573 e. The van der Waals surface area contributed by atoms with Crippen LogP contribution in [0.5, 0.6) is 5.75 Å². The van der Waals surface area contributed by atoms with Gasteiger partial charge in [0.05, 0.1) is 19.6 Å². The molecule has 1 aromatic rings. The van der Waals surface area contributed by atoms with Crippen LogP contribution in [0.4, 0.5) is 13.2 Å². The summed E-state index contributed by atoms with van der Waals surface area (Å²) in [7, 11) is 1.38. The summed E-state index contributed by atoms with van der Waals surface area (Å²) >= 11 is 0. The molecule has 1 fully saturated rings. The molecule has 1 N–H and O–H groups in total. The minimum absolute atomic E-state index is 0. The van der Waals surface area contributed by atoms with Crippen molar-refractivity contribution in [3.05, 3.63) is 29.8 Å². The maximum atomic E-state index is 12.5. The number of nitrogens with zero attached hydrogens (tertiary/aromatic N) is 2. The second-order valence-corrected chi connectivity index (χ2v) is 6.11. The molecule has 1 aliphatic heterocycles. The number of para-hydroxylation sites is 1. The van der Waals surface area contributed by atoms with E-state index in [1.807, 2.05) is 11.8 Å². The summed E-state index contributed by atoms with van der Waals surface area (Å²) in [4.78, 5) is 18.1. The van der Waals surface area contributed by atoms with Gasteiger partial charge in [0.25, 0.3) is 0 Å². The highest BCUT2D eigenvalue weighted by molar-refractivity contribution is 14.0. The number of benzene rings is 1. The number of hydrogen-bond acceptors (Lipinski definition) is 4. The van der Waals surface area contributed by atoms with Crippen LogP contribution in [-0.2, 0) is 16.1 Å². The number of rotatable bonds is 5. The number of carbonyl (C=O) groups excluding carboxylic acids is 1. The number of likely N-dealkylation sites (tertiary alicyclic amines) is 1. The molecule has 1 aromatic carbocycles. The fourth-order valence-electron chi connectivity index (χ4n) is 2.94. The summed E-state index contributed by atoms with van der Waals surface area (Å²) < 4.78 is 46.5. The molecule has 0 aromatic heterocycles. The summed E-state index contributed by atoms with van der Waals surface area (Å²) in [6.07, 6.45) is -3.46. The van der Waals surface area contributed by atoms with Crippen LogP contribution in [0.3, 0.4) is 0 Å². The number of halogens is 4. The van der Waals surface area contributed by atoms with Crippen molar-refractivity contribution in [2.75, 3.05) is 26.7 Å². The number of hydrogen-bond donors (Lipinski definition) is 1. The normalized spacial score (nSPS) is 15.6. The number of guanidine groups is 1. The quantitative estimate of drug-likeness (QED) is 0.282. The van der Waals surface area contributed by atoms with Gasteiger partial charge in [0.15, 0.2) is 5.96 Å². The molecule has 2 rings (SSSR count). The van der Waals surface area contributed by atoms with Gasteiger partial charge in [-0.15, -0.1) is 37.1 Å². The highest BCUT2D eigenvalue weighted by atomic mass is 127. The molecule has 6 nitrogen and oxygen atoms in total. The van der Waals surface area contributed by atoms with Gasteiger partial charge in [0, 0.05) is 25.2 Å². The third kappa shape index (κ3) is 7.36. The molecule has 1 saturated heterocycles. The molecule has 0 aliphatic carbocycles. The van der Waals surface area contributed by atoms with E-state index >= 15 is 0 Å². The minimum Gasteiger partial charge on any atom is -0.469 e. The SMILES string of the molecule is CCNC(=NCc1ccccc1OC(F)(F)F)N1CCC(C(=O)OC)CC1.I. The highest BCUT2D eigenvalue weighted by Gasteiger charge is 2.32. The lowest BCUT2D eigenvalue weighted by atomic mass is 9.97. The van der Waals surface area contributed by atoms with Gasteiger partial charge < -0.3 is 19.7 Å². The van der Waals surface area contributed by atoms with Gasteiger partial charge >= 0.3 is 12.3 Å². The molecule has 1 heterocycles. The number of nitrogens with one attached hydrogen (secondary N) is 1. The van der Waals surface area contributed by atoms with E-state index in [-0.39, 0.29) is 48.2 Å². The zero-order chi connectivity index (χ0) is 19.9. The smallest absolute Gasteiger partial charge is 0.469 e. The van der Waals surface area contributed by atoms with Crippen molar-refractivity contribution in [1.29, 1.82) is 0 Å². The van der Waals surface area contributed by atoms with Gasteiger partial charge in [-0.3, -0.25) is 4.79 Å². The second-order valence-electron chi connectivity index (χ2n) is 6.11. The molecule has 0 atom stereocenters. The standard InChI is InChI=1S/C18H24F3N3O3.HI/c1-3-22-17(24-10-8-13(9-11-24)16(25)26-2)23-12-14-6-4-5-7-15(14)27-18(19,20)21;/h4-7,13H,3,8-12H2,1-2H3,(H,22,23);1H. The fourth-order valence-corrected chi connectivity index (χ4v) is 2.94. The summed E-state index contributed by atoms with van der Waals surface area (Å²) in [6.45, 7) is 3.82. The van der Waals surface area contributed by atoms with Gasteiger partial charge in [-0.2, -0.15) is 0 Å². The van der Waals surface area contributed by atoms with Crippen molar-refractivity contribution in [3.63, 3.8) is 0 Å². The lowest BCUT2D eigenvalue weighted by Crippen LogP contribution is -2.46. The van der Waals surface area contributed by atoms with Gasteiger partial charge in [-0.1, -0.05) is 18.2 Å². The van der Waals surface area contributed by atoms with E-state index < -0.39 is 6.36 Å². The summed E-state index contributed by atoms with van der Waals surface area (Å²) in [5, 5.41) is 3.15. The second kappa shape index (κ2) is 11.3. The molecule has 0 unspecified atom stereocenters. The number of ether oxygens (including phenoxy) is 2. The summed E-state index contributed by atoms with van der Waals surface area (Å²) in [6, 6.07) is 5.95. The van der Waals surface area contributed by atoms with Gasteiger partial charge in [0.1, 0.15) is 5.75 Å². The Kier molecular flexibility index (Phi) is 9.83. The average Bonchev–Trinajstić information content (AvgIpc) is 2.64. The fraction of sp³-hybridized carbons (Fsp3) is 0.556. The van der Waals surface area contributed by atoms with Crippen LogP contribution in [-0.4, -0.2) is 49.9 Å². The number of carbonyl (C=O) groups is 1. The van der Waals surface area contributed by atoms with E-state index in [1.54, 1.807) is 12.1 Å². The van der Waals surface area contributed by atoms with E-state index in [0.29, 0.717) is 44.0 Å². The zero-order valence-electron chi connectivity index (χ0n) is 15.8. The minimum atomic E-state index is -4.75. The lowest BCUT2D eigenvalue weighted by molar-refractivity contribution is -0.274. The van der Waals surface area contributed by atoms with Crippen LogP contribution in [0.2, 0.25) is 0 Å². The highest BCUT2D eigenvalue weighted by Crippen LogP contribution is 2.27. The van der Waals surface area contributed by atoms with Crippen LogP contribution in [0.1, 0.15) is 25.3 Å². The van der Waals surface area contributed by atoms with E-state index in [9.17, 15) is 18.0 Å². The Hall–Kier alpha value is -1.72. The van der Waals surface area contributed by atoms with Crippen molar-refractivity contribution in [2.45, 2.75) is 32.7 Å². The number of alkyl halides is 3. The van der Waals surface area contributed by atoms with Gasteiger partial charge in [-0.25, -0.2) is 4.99 Å². The molecule has 0 saturated carbocycles. The molecule has 158 valence electrons. The first-order chi connectivity index (χ1) is 12.8. The molecule has 1 aliphatic rings. The molecular weight excluding hydrogens is 490 g/mol. The zero-order valence-corrected chi connectivity index (χ0v) is 18.1. The van der Waals surface area contributed by atoms with Crippen LogP contribution >= 0.6 is 24.0 Å². The molecular formula is C18H25F3IN3O3. The Balaban J connectivity index is 0.00000392. The van der Waals surface area contributed by atoms with Crippen molar-refractivity contribution in [2.24, 2.45) is 10.9 Å². The number of methoxy groups -OCH3 is 1. The molecule has 0 spiro atoms. The predicted octanol–water partition coefficient (Wildman–Crippen LogP) is 3.55. The first-order valence-electron chi connectivity index (χ1n) is 8.78. The first kappa shape index (κ1) is 24.3. The van der Waals surface area contributed by atoms with E-state index in [1.165, 1.54) is 19.2 Å². The monoisotopic (exact) mass is 515 g/mol.